The monoisotopic (exact) mass is 383 g/mol. The molecule has 5 nitrogen and oxygen atoms in total. The van der Waals surface area contributed by atoms with Crippen LogP contribution < -0.4 is 10.2 Å². The molecule has 5 rings (SSSR count). The summed E-state index contributed by atoms with van der Waals surface area (Å²) in [7, 11) is 0. The fourth-order valence-corrected chi connectivity index (χ4v) is 4.01. The molecule has 2 aromatic heterocycles. The van der Waals surface area contributed by atoms with Gasteiger partial charge in [-0.1, -0.05) is 29.8 Å². The van der Waals surface area contributed by atoms with Crippen molar-refractivity contribution in [3.8, 4) is 11.1 Å². The van der Waals surface area contributed by atoms with Crippen LogP contribution in [0.2, 0.25) is 0 Å². The van der Waals surface area contributed by atoms with E-state index in [1.807, 2.05) is 23.0 Å². The first-order chi connectivity index (χ1) is 14.3. The highest BCUT2D eigenvalue weighted by atomic mass is 15.2. The van der Waals surface area contributed by atoms with Crippen LogP contribution >= 0.6 is 0 Å². The molecule has 4 aromatic rings. The predicted molar refractivity (Wildman–Crippen MR) is 119 cm³/mol. The molecule has 3 heterocycles. The maximum atomic E-state index is 4.83. The van der Waals surface area contributed by atoms with E-state index in [0.29, 0.717) is 0 Å². The smallest absolute Gasteiger partial charge is 0.165 e. The van der Waals surface area contributed by atoms with Gasteiger partial charge in [-0.3, -0.25) is 0 Å². The van der Waals surface area contributed by atoms with Gasteiger partial charge in [-0.25, -0.2) is 9.50 Å². The number of fused-ring (bicyclic) bond motifs is 1. The zero-order valence-electron chi connectivity index (χ0n) is 16.7. The number of nitrogens with zero attached hydrogens (tertiary/aromatic N) is 4. The number of hydrogen-bond acceptors (Lipinski definition) is 4. The van der Waals surface area contributed by atoms with Crippen molar-refractivity contribution in [1.82, 2.24) is 14.6 Å². The van der Waals surface area contributed by atoms with Crippen LogP contribution in [0, 0.1) is 6.92 Å². The fraction of sp³-hybridized carbons (Fsp3) is 0.250. The Kier molecular flexibility index (Phi) is 4.64. The third-order valence-corrected chi connectivity index (χ3v) is 5.56. The number of aryl methyl sites for hydroxylation is 1. The van der Waals surface area contributed by atoms with E-state index in [2.05, 4.69) is 70.8 Å². The number of hydrogen-bond donors (Lipinski definition) is 1. The second kappa shape index (κ2) is 7.59. The van der Waals surface area contributed by atoms with Gasteiger partial charge >= 0.3 is 0 Å². The Labute approximate surface area is 171 Å². The molecule has 0 bridgehead atoms. The Morgan fingerprint density at radius 1 is 0.931 bits per heavy atom. The Hall–Kier alpha value is -3.34. The van der Waals surface area contributed by atoms with E-state index in [-0.39, 0.29) is 0 Å². The fourth-order valence-electron chi connectivity index (χ4n) is 4.01. The van der Waals surface area contributed by atoms with Crippen molar-refractivity contribution in [3.05, 3.63) is 72.6 Å². The van der Waals surface area contributed by atoms with Gasteiger partial charge in [0, 0.05) is 36.2 Å². The van der Waals surface area contributed by atoms with E-state index in [1.165, 1.54) is 30.5 Å². The van der Waals surface area contributed by atoms with Gasteiger partial charge in [0.2, 0.25) is 0 Å². The minimum Gasteiger partial charge on any atom is -0.372 e. The number of nitrogens with one attached hydrogen (secondary N) is 1. The molecule has 1 N–H and O–H groups in total. The zero-order chi connectivity index (χ0) is 19.6. The van der Waals surface area contributed by atoms with E-state index in [9.17, 15) is 0 Å². The molecular formula is C24H25N5. The van der Waals surface area contributed by atoms with Crippen molar-refractivity contribution in [3.63, 3.8) is 0 Å². The highest BCUT2D eigenvalue weighted by Gasteiger charge is 2.12. The number of rotatable bonds is 4. The van der Waals surface area contributed by atoms with Gasteiger partial charge in [-0.15, -0.1) is 0 Å². The summed E-state index contributed by atoms with van der Waals surface area (Å²) < 4.78 is 1.82. The van der Waals surface area contributed by atoms with Crippen LogP contribution in [-0.2, 0) is 0 Å². The highest BCUT2D eigenvalue weighted by Crippen LogP contribution is 2.27. The molecule has 0 aliphatic carbocycles. The Bertz CT molecular complexity index is 1120. The third-order valence-electron chi connectivity index (χ3n) is 5.56. The van der Waals surface area contributed by atoms with Crippen LogP contribution in [0.1, 0.15) is 24.8 Å². The Morgan fingerprint density at radius 3 is 2.55 bits per heavy atom. The topological polar surface area (TPSA) is 45.5 Å². The molecule has 0 atom stereocenters. The van der Waals surface area contributed by atoms with Crippen LogP contribution in [0.25, 0.3) is 16.8 Å². The first kappa shape index (κ1) is 17.7. The van der Waals surface area contributed by atoms with Gasteiger partial charge < -0.3 is 10.2 Å². The van der Waals surface area contributed by atoms with E-state index in [4.69, 9.17) is 4.98 Å². The van der Waals surface area contributed by atoms with Gasteiger partial charge in [0.25, 0.3) is 0 Å². The highest BCUT2D eigenvalue weighted by molar-refractivity contribution is 5.78. The molecule has 0 radical (unpaired) electrons. The minimum absolute atomic E-state index is 0.817. The predicted octanol–water partition coefficient (Wildman–Crippen LogP) is 5.44. The first-order valence-electron chi connectivity index (χ1n) is 10.3. The minimum atomic E-state index is 0.817. The van der Waals surface area contributed by atoms with Crippen LogP contribution in [0.4, 0.5) is 17.2 Å². The van der Waals surface area contributed by atoms with Crippen LogP contribution in [0.15, 0.2) is 67.0 Å². The molecule has 29 heavy (non-hydrogen) atoms. The van der Waals surface area contributed by atoms with Gasteiger partial charge in [0.15, 0.2) is 5.65 Å². The van der Waals surface area contributed by atoms with Gasteiger partial charge in [0.1, 0.15) is 5.82 Å². The quantitative estimate of drug-likeness (QED) is 0.510. The lowest BCUT2D eigenvalue weighted by Crippen LogP contribution is -2.29. The molecule has 0 unspecified atom stereocenters. The number of aromatic nitrogens is 3. The molecule has 0 spiro atoms. The van der Waals surface area contributed by atoms with Crippen molar-refractivity contribution in [2.75, 3.05) is 23.3 Å². The van der Waals surface area contributed by atoms with Crippen molar-refractivity contribution in [2.24, 2.45) is 0 Å². The SMILES string of the molecule is Cc1cccc(-c2cnn3ccc(Nc4ccc(N5CCCCC5)cc4)nc23)c1. The molecule has 1 fully saturated rings. The van der Waals surface area contributed by atoms with Crippen molar-refractivity contribution >= 4 is 22.8 Å². The summed E-state index contributed by atoms with van der Waals surface area (Å²) in [6.45, 7) is 4.42. The summed E-state index contributed by atoms with van der Waals surface area (Å²) in [6.07, 6.45) is 7.76. The lowest BCUT2D eigenvalue weighted by Gasteiger charge is -2.28. The summed E-state index contributed by atoms with van der Waals surface area (Å²) >= 11 is 0. The van der Waals surface area contributed by atoms with Crippen LogP contribution in [0.5, 0.6) is 0 Å². The maximum absolute atomic E-state index is 4.83. The molecule has 0 amide bonds. The van der Waals surface area contributed by atoms with E-state index in [0.717, 1.165) is 41.4 Å². The van der Waals surface area contributed by atoms with E-state index in [1.54, 1.807) is 0 Å². The third kappa shape index (κ3) is 3.68. The molecule has 1 aliphatic heterocycles. The normalized spacial score (nSPS) is 14.3. The van der Waals surface area contributed by atoms with Gasteiger partial charge in [0.05, 0.1) is 6.20 Å². The average molecular weight is 383 g/mol. The average Bonchev–Trinajstić information content (AvgIpc) is 3.18. The number of piperidine rings is 1. The molecular weight excluding hydrogens is 358 g/mol. The molecule has 146 valence electrons. The van der Waals surface area contributed by atoms with Gasteiger partial charge in [-0.05, 0) is 62.1 Å². The van der Waals surface area contributed by atoms with Crippen molar-refractivity contribution in [2.45, 2.75) is 26.2 Å². The largest absolute Gasteiger partial charge is 0.372 e. The van der Waals surface area contributed by atoms with Crippen molar-refractivity contribution in [1.29, 1.82) is 0 Å². The Balaban J connectivity index is 1.40. The molecule has 2 aromatic carbocycles. The molecule has 1 saturated heterocycles. The summed E-state index contributed by atoms with van der Waals surface area (Å²) in [6, 6.07) is 19.1. The summed E-state index contributed by atoms with van der Waals surface area (Å²) in [5.74, 6) is 0.817. The van der Waals surface area contributed by atoms with E-state index >= 15 is 0 Å². The molecule has 1 aliphatic rings. The summed E-state index contributed by atoms with van der Waals surface area (Å²) in [5.41, 5.74) is 6.60. The van der Waals surface area contributed by atoms with Crippen LogP contribution in [0.3, 0.4) is 0 Å². The lowest BCUT2D eigenvalue weighted by molar-refractivity contribution is 0.578. The van der Waals surface area contributed by atoms with Crippen LogP contribution in [-0.4, -0.2) is 27.7 Å². The second-order valence-corrected chi connectivity index (χ2v) is 7.73. The molecule has 0 saturated carbocycles. The lowest BCUT2D eigenvalue weighted by atomic mass is 10.1. The molecule has 5 heteroatoms. The van der Waals surface area contributed by atoms with E-state index < -0.39 is 0 Å². The standard InChI is InChI=1S/C24H25N5/c1-18-6-5-7-19(16-18)22-17-25-29-15-12-23(27-24(22)29)26-20-8-10-21(11-9-20)28-13-3-2-4-14-28/h5-12,15-17H,2-4,13-14H2,1H3,(H,26,27). The Morgan fingerprint density at radius 2 is 1.76 bits per heavy atom. The van der Waals surface area contributed by atoms with Crippen molar-refractivity contribution < 1.29 is 0 Å². The number of benzene rings is 2. The zero-order valence-corrected chi connectivity index (χ0v) is 16.7. The summed E-state index contributed by atoms with van der Waals surface area (Å²) in [4.78, 5) is 7.30. The number of anilines is 3. The van der Waals surface area contributed by atoms with Gasteiger partial charge in [-0.2, -0.15) is 5.10 Å². The summed E-state index contributed by atoms with van der Waals surface area (Å²) in [5, 5.41) is 7.89. The second-order valence-electron chi connectivity index (χ2n) is 7.73. The maximum Gasteiger partial charge on any atom is 0.165 e. The first-order valence-corrected chi connectivity index (χ1v) is 10.3.